The molecule has 0 spiro atoms. The van der Waals surface area contributed by atoms with E-state index in [4.69, 9.17) is 0 Å². The summed E-state index contributed by atoms with van der Waals surface area (Å²) in [5, 5.41) is 9.98. The molecule has 3 fully saturated rings. The van der Waals surface area contributed by atoms with Gasteiger partial charge in [-0.15, -0.1) is 0 Å². The van der Waals surface area contributed by atoms with Gasteiger partial charge in [0, 0.05) is 37.2 Å². The zero-order valence-corrected chi connectivity index (χ0v) is 13.4. The minimum atomic E-state index is 0.203. The van der Waals surface area contributed by atoms with E-state index in [0.29, 0.717) is 6.61 Å². The molecule has 2 bridgehead atoms. The second-order valence-corrected chi connectivity index (χ2v) is 7.91. The van der Waals surface area contributed by atoms with E-state index in [1.165, 1.54) is 58.0 Å². The molecule has 0 aromatic rings. The molecule has 116 valence electrons. The Morgan fingerprint density at radius 1 is 1.05 bits per heavy atom. The maximum absolute atomic E-state index is 9.98. The van der Waals surface area contributed by atoms with Gasteiger partial charge in [0.05, 0.1) is 0 Å². The van der Waals surface area contributed by atoms with E-state index < -0.39 is 0 Å². The normalized spacial score (nSPS) is 43.6. The summed E-state index contributed by atoms with van der Waals surface area (Å²) >= 11 is 0. The third-order valence-electron chi connectivity index (χ3n) is 6.46. The highest BCUT2D eigenvalue weighted by Gasteiger charge is 2.39. The van der Waals surface area contributed by atoms with Crippen LogP contribution in [0.4, 0.5) is 0 Å². The number of aliphatic hydroxyl groups excluding tert-OH is 1. The predicted octanol–water partition coefficient (Wildman–Crippen LogP) is 2.34. The Hall–Kier alpha value is -0.120. The van der Waals surface area contributed by atoms with Crippen molar-refractivity contribution in [3.05, 3.63) is 0 Å². The van der Waals surface area contributed by atoms with Gasteiger partial charge >= 0.3 is 0 Å². The fraction of sp³-hybridized carbons (Fsp3) is 1.00. The average Bonchev–Trinajstić information content (AvgIpc) is 2.70. The van der Waals surface area contributed by atoms with Crippen LogP contribution in [-0.4, -0.2) is 60.3 Å². The van der Waals surface area contributed by atoms with E-state index in [1.807, 2.05) is 0 Å². The standard InChI is InChI=1S/C17H32N2O/c1-14-5-8-17(13-20,9-6-14)12-19-10-7-15-3-4-16(11-19)18(15)2/h14-16,20H,3-13H2,1-2H3. The molecule has 3 aliphatic rings. The fourth-order valence-electron chi connectivity index (χ4n) is 4.74. The number of hydrogen-bond donors (Lipinski definition) is 1. The van der Waals surface area contributed by atoms with Crippen molar-refractivity contribution >= 4 is 0 Å². The Bertz CT molecular complexity index is 325. The first-order chi connectivity index (χ1) is 9.62. The molecule has 2 atom stereocenters. The Morgan fingerprint density at radius 3 is 2.45 bits per heavy atom. The Balaban J connectivity index is 1.61. The lowest BCUT2D eigenvalue weighted by Crippen LogP contribution is -2.45. The van der Waals surface area contributed by atoms with Crippen molar-refractivity contribution in [3.63, 3.8) is 0 Å². The molecule has 0 radical (unpaired) electrons. The number of likely N-dealkylation sites (tertiary alicyclic amines) is 1. The molecule has 20 heavy (non-hydrogen) atoms. The Kier molecular flexibility index (Phi) is 4.40. The topological polar surface area (TPSA) is 26.7 Å². The van der Waals surface area contributed by atoms with Gasteiger partial charge in [-0.3, -0.25) is 4.90 Å². The minimum Gasteiger partial charge on any atom is -0.396 e. The first kappa shape index (κ1) is 14.8. The molecule has 1 aliphatic carbocycles. The molecule has 3 rings (SSSR count). The van der Waals surface area contributed by atoms with Crippen LogP contribution < -0.4 is 0 Å². The highest BCUT2D eigenvalue weighted by molar-refractivity contribution is 4.94. The number of likely N-dealkylation sites (N-methyl/N-ethyl adjacent to an activating group) is 1. The van der Waals surface area contributed by atoms with Gasteiger partial charge < -0.3 is 10.0 Å². The summed E-state index contributed by atoms with van der Waals surface area (Å²) in [5.74, 6) is 0.862. The van der Waals surface area contributed by atoms with Gasteiger partial charge in [0.15, 0.2) is 0 Å². The van der Waals surface area contributed by atoms with Gasteiger partial charge in [0.1, 0.15) is 0 Å². The molecule has 2 unspecified atom stereocenters. The highest BCUT2D eigenvalue weighted by Crippen LogP contribution is 2.40. The molecule has 2 heterocycles. The Labute approximate surface area is 124 Å². The van der Waals surface area contributed by atoms with E-state index >= 15 is 0 Å². The van der Waals surface area contributed by atoms with E-state index in [2.05, 4.69) is 23.8 Å². The molecule has 3 heteroatoms. The third kappa shape index (κ3) is 2.90. The number of nitrogens with zero attached hydrogens (tertiary/aromatic N) is 2. The number of aliphatic hydroxyl groups is 1. The average molecular weight is 280 g/mol. The van der Waals surface area contributed by atoms with E-state index in [-0.39, 0.29) is 5.41 Å². The van der Waals surface area contributed by atoms with Crippen molar-refractivity contribution in [1.82, 2.24) is 9.80 Å². The monoisotopic (exact) mass is 280 g/mol. The molecule has 3 nitrogen and oxygen atoms in total. The SMILES string of the molecule is CC1CCC(CO)(CN2CCC3CCC(C2)N3C)CC1. The maximum atomic E-state index is 9.98. The molecule has 1 saturated carbocycles. The van der Waals surface area contributed by atoms with Crippen molar-refractivity contribution in [2.24, 2.45) is 11.3 Å². The molecule has 0 amide bonds. The fourth-order valence-corrected chi connectivity index (χ4v) is 4.74. The summed E-state index contributed by atoms with van der Waals surface area (Å²) in [6, 6.07) is 1.59. The second kappa shape index (κ2) is 5.94. The molecular formula is C17H32N2O. The Morgan fingerprint density at radius 2 is 1.75 bits per heavy atom. The van der Waals surface area contributed by atoms with Gasteiger partial charge in [-0.25, -0.2) is 0 Å². The number of fused-ring (bicyclic) bond motifs is 2. The van der Waals surface area contributed by atoms with Crippen LogP contribution >= 0.6 is 0 Å². The smallest absolute Gasteiger partial charge is 0.0499 e. The van der Waals surface area contributed by atoms with Crippen molar-refractivity contribution < 1.29 is 5.11 Å². The lowest BCUT2D eigenvalue weighted by molar-refractivity contribution is 0.0269. The second-order valence-electron chi connectivity index (χ2n) is 7.91. The minimum absolute atomic E-state index is 0.203. The van der Waals surface area contributed by atoms with Crippen molar-refractivity contribution in [1.29, 1.82) is 0 Å². The summed E-state index contributed by atoms with van der Waals surface area (Å²) in [4.78, 5) is 5.29. The van der Waals surface area contributed by atoms with Crippen molar-refractivity contribution in [2.45, 2.75) is 64.0 Å². The van der Waals surface area contributed by atoms with Gasteiger partial charge in [-0.2, -0.15) is 0 Å². The van der Waals surface area contributed by atoms with Gasteiger partial charge in [0.25, 0.3) is 0 Å². The molecule has 2 aliphatic heterocycles. The zero-order chi connectivity index (χ0) is 14.2. The third-order valence-corrected chi connectivity index (χ3v) is 6.46. The lowest BCUT2D eigenvalue weighted by Gasteiger charge is -2.42. The van der Waals surface area contributed by atoms with Crippen LogP contribution in [0.15, 0.2) is 0 Å². The summed E-state index contributed by atoms with van der Waals surface area (Å²) in [6.45, 7) is 6.35. The van der Waals surface area contributed by atoms with Crippen LogP contribution in [-0.2, 0) is 0 Å². The van der Waals surface area contributed by atoms with Crippen LogP contribution in [0, 0.1) is 11.3 Å². The quantitative estimate of drug-likeness (QED) is 0.859. The van der Waals surface area contributed by atoms with E-state index in [1.54, 1.807) is 0 Å². The maximum Gasteiger partial charge on any atom is 0.0499 e. The van der Waals surface area contributed by atoms with E-state index in [0.717, 1.165) is 24.5 Å². The molecule has 0 aromatic carbocycles. The van der Waals surface area contributed by atoms with Crippen LogP contribution in [0.2, 0.25) is 0 Å². The van der Waals surface area contributed by atoms with Crippen LogP contribution in [0.1, 0.15) is 51.9 Å². The molecule has 1 N–H and O–H groups in total. The van der Waals surface area contributed by atoms with Crippen molar-refractivity contribution in [3.8, 4) is 0 Å². The first-order valence-electron chi connectivity index (χ1n) is 8.67. The van der Waals surface area contributed by atoms with Gasteiger partial charge in [-0.1, -0.05) is 19.8 Å². The largest absolute Gasteiger partial charge is 0.396 e. The van der Waals surface area contributed by atoms with Crippen LogP contribution in [0.3, 0.4) is 0 Å². The summed E-state index contributed by atoms with van der Waals surface area (Å²) in [5.41, 5.74) is 0.203. The molecule has 0 aromatic heterocycles. The number of rotatable bonds is 3. The van der Waals surface area contributed by atoms with Gasteiger partial charge in [0.2, 0.25) is 0 Å². The summed E-state index contributed by atoms with van der Waals surface area (Å²) < 4.78 is 0. The highest BCUT2D eigenvalue weighted by atomic mass is 16.3. The zero-order valence-electron chi connectivity index (χ0n) is 13.4. The first-order valence-corrected chi connectivity index (χ1v) is 8.67. The lowest BCUT2D eigenvalue weighted by atomic mass is 9.71. The van der Waals surface area contributed by atoms with Crippen LogP contribution in [0.5, 0.6) is 0 Å². The van der Waals surface area contributed by atoms with Crippen molar-refractivity contribution in [2.75, 3.05) is 33.3 Å². The molecule has 2 saturated heterocycles. The predicted molar refractivity (Wildman–Crippen MR) is 82.8 cm³/mol. The summed E-state index contributed by atoms with van der Waals surface area (Å²) in [7, 11) is 2.32. The number of hydrogen-bond acceptors (Lipinski definition) is 3. The molecular weight excluding hydrogens is 248 g/mol. The summed E-state index contributed by atoms with van der Waals surface area (Å²) in [6.07, 6.45) is 9.17. The van der Waals surface area contributed by atoms with Crippen LogP contribution in [0.25, 0.3) is 0 Å². The van der Waals surface area contributed by atoms with Gasteiger partial charge in [-0.05, 0) is 51.6 Å². The van der Waals surface area contributed by atoms with E-state index in [9.17, 15) is 5.11 Å².